The van der Waals surface area contributed by atoms with Gasteiger partial charge in [0.25, 0.3) is 0 Å². The highest BCUT2D eigenvalue weighted by atomic mass is 31.2. The average molecular weight is 257 g/mol. The molecule has 0 heterocycles. The van der Waals surface area contributed by atoms with Crippen LogP contribution in [0.25, 0.3) is 0 Å². The number of rotatable bonds is 5. The Hall–Kier alpha value is -0.700. The van der Waals surface area contributed by atoms with Crippen LogP contribution in [0.3, 0.4) is 0 Å². The number of hydrogen-bond acceptors (Lipinski definition) is 3. The topological polar surface area (TPSA) is 77.8 Å². The lowest BCUT2D eigenvalue weighted by molar-refractivity contribution is -0.132. The van der Waals surface area contributed by atoms with Crippen molar-refractivity contribution in [2.75, 3.05) is 6.16 Å². The van der Waals surface area contributed by atoms with Crippen LogP contribution in [0.5, 0.6) is 0 Å². The second-order valence-corrected chi connectivity index (χ2v) is 7.73. The third-order valence-electron chi connectivity index (χ3n) is 3.18. The molecule has 0 aromatic carbocycles. The van der Waals surface area contributed by atoms with Crippen LogP contribution < -0.4 is 0 Å². The SMILES string of the molecule is CC1(C)C=C1[P+](O)(O)CC(=CC1CC1)C(=O)O. The molecule has 0 amide bonds. The summed E-state index contributed by atoms with van der Waals surface area (Å²) >= 11 is 0. The van der Waals surface area contributed by atoms with Crippen molar-refractivity contribution in [3.63, 3.8) is 0 Å². The lowest BCUT2D eigenvalue weighted by Gasteiger charge is -2.13. The van der Waals surface area contributed by atoms with Crippen LogP contribution in [0.2, 0.25) is 0 Å². The summed E-state index contributed by atoms with van der Waals surface area (Å²) in [6, 6.07) is 0. The molecule has 0 aromatic rings. The molecule has 2 rings (SSSR count). The van der Waals surface area contributed by atoms with Crippen LogP contribution in [0.15, 0.2) is 23.0 Å². The lowest BCUT2D eigenvalue weighted by Crippen LogP contribution is -2.10. The largest absolute Gasteiger partial charge is 0.478 e. The van der Waals surface area contributed by atoms with E-state index in [9.17, 15) is 14.6 Å². The summed E-state index contributed by atoms with van der Waals surface area (Å²) in [4.78, 5) is 31.1. The van der Waals surface area contributed by atoms with Crippen LogP contribution in [0.1, 0.15) is 26.7 Å². The zero-order valence-electron chi connectivity index (χ0n) is 10.1. The Morgan fingerprint density at radius 3 is 2.41 bits per heavy atom. The number of allylic oxidation sites excluding steroid dienone is 3. The van der Waals surface area contributed by atoms with E-state index in [1.165, 1.54) is 0 Å². The van der Waals surface area contributed by atoms with E-state index in [2.05, 4.69) is 0 Å². The molecule has 0 bridgehead atoms. The van der Waals surface area contributed by atoms with Crippen LogP contribution in [-0.4, -0.2) is 27.0 Å². The van der Waals surface area contributed by atoms with Gasteiger partial charge in [-0.3, -0.25) is 0 Å². The molecule has 4 nitrogen and oxygen atoms in total. The maximum atomic E-state index is 11.1. The maximum Gasteiger partial charge on any atom is 0.335 e. The molecule has 1 fully saturated rings. The highest BCUT2D eigenvalue weighted by Gasteiger charge is 2.56. The summed E-state index contributed by atoms with van der Waals surface area (Å²) in [5.74, 6) is -0.717. The lowest BCUT2D eigenvalue weighted by atomic mass is 10.2. The molecule has 0 aliphatic heterocycles. The molecule has 0 unspecified atom stereocenters. The van der Waals surface area contributed by atoms with Crippen molar-refractivity contribution in [2.24, 2.45) is 11.3 Å². The minimum Gasteiger partial charge on any atom is -0.478 e. The maximum absolute atomic E-state index is 11.1. The van der Waals surface area contributed by atoms with E-state index in [4.69, 9.17) is 5.11 Å². The first-order valence-corrected chi connectivity index (χ1v) is 7.62. The van der Waals surface area contributed by atoms with E-state index in [0.717, 1.165) is 12.8 Å². The minimum atomic E-state index is -3.25. The minimum absolute atomic E-state index is 0.131. The van der Waals surface area contributed by atoms with Gasteiger partial charge in [0.05, 0.1) is 5.57 Å². The predicted molar refractivity (Wildman–Crippen MR) is 66.5 cm³/mol. The third kappa shape index (κ3) is 2.95. The number of carboxylic acid groups (broad SMARTS) is 1. The Morgan fingerprint density at radius 2 is 2.06 bits per heavy atom. The van der Waals surface area contributed by atoms with Gasteiger partial charge in [-0.15, -0.1) is 0 Å². The van der Waals surface area contributed by atoms with Crippen LogP contribution in [0.4, 0.5) is 0 Å². The van der Waals surface area contributed by atoms with Crippen molar-refractivity contribution in [1.29, 1.82) is 0 Å². The first-order chi connectivity index (χ1) is 7.72. The van der Waals surface area contributed by atoms with Crippen molar-refractivity contribution >= 4 is 13.7 Å². The molecule has 3 N–H and O–H groups in total. The second-order valence-electron chi connectivity index (χ2n) is 5.47. The predicted octanol–water partition coefficient (Wildman–Crippen LogP) is 2.16. The standard InChI is InChI=1S/C12H17O4P/c1-12(2)6-10(12)17(15,16)7-9(11(13)14)5-8-3-4-8/h5-6,8,15-16H,3-4,7H2,1-2H3/p+1. The molecule has 17 heavy (non-hydrogen) atoms. The molecule has 0 saturated heterocycles. The van der Waals surface area contributed by atoms with Gasteiger partial charge in [-0.05, 0) is 38.7 Å². The molecule has 2 aliphatic carbocycles. The number of carboxylic acids is 1. The van der Waals surface area contributed by atoms with E-state index < -0.39 is 13.7 Å². The summed E-state index contributed by atoms with van der Waals surface area (Å²) in [6.45, 7) is 3.79. The molecular weight excluding hydrogens is 239 g/mol. The van der Waals surface area contributed by atoms with E-state index in [0.29, 0.717) is 11.2 Å². The van der Waals surface area contributed by atoms with Gasteiger partial charge >= 0.3 is 13.7 Å². The summed E-state index contributed by atoms with van der Waals surface area (Å²) in [5, 5.41) is 9.67. The summed E-state index contributed by atoms with van der Waals surface area (Å²) < 4.78 is 0. The third-order valence-corrected chi connectivity index (χ3v) is 5.44. The summed E-state index contributed by atoms with van der Waals surface area (Å²) in [6.07, 6.45) is 5.37. The number of aliphatic carboxylic acids is 1. The Kier molecular flexibility index (Phi) is 2.93. The zero-order chi connectivity index (χ0) is 12.8. The molecule has 1 saturated carbocycles. The van der Waals surface area contributed by atoms with Crippen LogP contribution >= 0.6 is 7.72 Å². The fraction of sp³-hybridized carbons (Fsp3) is 0.583. The van der Waals surface area contributed by atoms with Crippen molar-refractivity contribution < 1.29 is 19.7 Å². The summed E-state index contributed by atoms with van der Waals surface area (Å²) in [7, 11) is -3.25. The molecule has 2 aliphatic rings. The van der Waals surface area contributed by atoms with Gasteiger partial charge < -0.3 is 5.11 Å². The highest BCUT2D eigenvalue weighted by Crippen LogP contribution is 2.72. The number of carbonyl (C=O) groups is 1. The van der Waals surface area contributed by atoms with Gasteiger partial charge in [0.2, 0.25) is 0 Å². The van der Waals surface area contributed by atoms with Gasteiger partial charge in [0.15, 0.2) is 0 Å². The van der Waals surface area contributed by atoms with E-state index in [1.54, 1.807) is 12.2 Å². The van der Waals surface area contributed by atoms with E-state index in [-0.39, 0.29) is 17.2 Å². The monoisotopic (exact) mass is 257 g/mol. The van der Waals surface area contributed by atoms with Crippen molar-refractivity contribution in [1.82, 2.24) is 0 Å². The van der Waals surface area contributed by atoms with Crippen molar-refractivity contribution in [3.8, 4) is 0 Å². The molecule has 0 atom stereocenters. The fourth-order valence-corrected chi connectivity index (χ4v) is 4.27. The normalized spacial score (nSPS) is 23.3. The van der Waals surface area contributed by atoms with Gasteiger partial charge in [0.1, 0.15) is 11.5 Å². The Bertz CT molecular complexity index is 416. The van der Waals surface area contributed by atoms with E-state index in [1.807, 2.05) is 13.8 Å². The Balaban J connectivity index is 2.07. The second kappa shape index (κ2) is 3.91. The molecular formula is C12H18O4P+. The van der Waals surface area contributed by atoms with Crippen LogP contribution in [0, 0.1) is 11.3 Å². The van der Waals surface area contributed by atoms with Gasteiger partial charge in [-0.1, -0.05) is 6.08 Å². The van der Waals surface area contributed by atoms with Gasteiger partial charge in [0, 0.05) is 5.41 Å². The van der Waals surface area contributed by atoms with Crippen LogP contribution in [-0.2, 0) is 4.79 Å². The smallest absolute Gasteiger partial charge is 0.335 e. The molecule has 0 aromatic heterocycles. The Morgan fingerprint density at radius 1 is 1.53 bits per heavy atom. The molecule has 0 radical (unpaired) electrons. The Labute approximate surface area is 101 Å². The fourth-order valence-electron chi connectivity index (χ4n) is 1.93. The molecule has 94 valence electrons. The van der Waals surface area contributed by atoms with E-state index >= 15 is 0 Å². The van der Waals surface area contributed by atoms with Crippen molar-refractivity contribution in [3.05, 3.63) is 23.0 Å². The van der Waals surface area contributed by atoms with Crippen molar-refractivity contribution in [2.45, 2.75) is 26.7 Å². The summed E-state index contributed by atoms with van der Waals surface area (Å²) in [5.41, 5.74) is -0.102. The highest BCUT2D eigenvalue weighted by molar-refractivity contribution is 7.69. The zero-order valence-corrected chi connectivity index (χ0v) is 10.9. The quantitative estimate of drug-likeness (QED) is 0.521. The first kappa shape index (κ1) is 12.7. The molecule has 5 heteroatoms. The molecule has 0 spiro atoms. The average Bonchev–Trinajstić information content (AvgIpc) is 3.03. The van der Waals surface area contributed by atoms with Gasteiger partial charge in [-0.25, -0.2) is 14.6 Å². The number of hydrogen-bond donors (Lipinski definition) is 3. The van der Waals surface area contributed by atoms with Gasteiger partial charge in [-0.2, -0.15) is 0 Å². The first-order valence-electron chi connectivity index (χ1n) is 5.74.